The summed E-state index contributed by atoms with van der Waals surface area (Å²) >= 11 is 1.12. The molecule has 18 heavy (non-hydrogen) atoms. The normalized spacial score (nSPS) is 13.2. The van der Waals surface area contributed by atoms with E-state index in [1.165, 1.54) is 0 Å². The van der Waals surface area contributed by atoms with E-state index in [0.29, 0.717) is 11.6 Å². The van der Waals surface area contributed by atoms with Gasteiger partial charge in [-0.2, -0.15) is 13.2 Å². The zero-order valence-corrected chi connectivity index (χ0v) is 10.3. The van der Waals surface area contributed by atoms with Crippen LogP contribution in [-0.2, 0) is 6.42 Å². The minimum atomic E-state index is -4.73. The number of hydrogen-bond acceptors (Lipinski definition) is 3. The molecule has 0 fully saturated rings. The van der Waals surface area contributed by atoms with Crippen molar-refractivity contribution in [2.45, 2.75) is 19.5 Å². The Balaban J connectivity index is 2.42. The van der Waals surface area contributed by atoms with E-state index in [4.69, 9.17) is 5.11 Å². The van der Waals surface area contributed by atoms with Crippen molar-refractivity contribution in [3.05, 3.63) is 34.5 Å². The fraction of sp³-hybridized carbons (Fsp3) is 0.250. The van der Waals surface area contributed by atoms with E-state index in [1.54, 1.807) is 6.07 Å². The smallest absolute Gasteiger partial charge is 0.448 e. The van der Waals surface area contributed by atoms with E-state index >= 15 is 0 Å². The molecule has 0 atom stereocenters. The summed E-state index contributed by atoms with van der Waals surface area (Å²) in [6, 6.07) is 5.56. The number of rotatable bonds is 2. The molecule has 0 saturated carbocycles. The first-order valence-corrected chi connectivity index (χ1v) is 6.09. The van der Waals surface area contributed by atoms with Gasteiger partial charge in [-0.3, -0.25) is 0 Å². The summed E-state index contributed by atoms with van der Waals surface area (Å²) < 4.78 is 37.3. The van der Waals surface area contributed by atoms with Gasteiger partial charge in [-0.25, -0.2) is 4.98 Å². The fourth-order valence-corrected chi connectivity index (χ4v) is 2.44. The lowest BCUT2D eigenvalue weighted by atomic mass is 10.2. The van der Waals surface area contributed by atoms with Crippen molar-refractivity contribution in [2.24, 2.45) is 0 Å². The average Bonchev–Trinajstić information content (AvgIpc) is 2.68. The molecule has 0 aliphatic carbocycles. The monoisotopic (exact) mass is 273 g/mol. The molecule has 0 radical (unpaired) electrons. The van der Waals surface area contributed by atoms with Gasteiger partial charge in [-0.05, 0) is 24.1 Å². The predicted molar refractivity (Wildman–Crippen MR) is 65.7 cm³/mol. The number of nitrogens with zero attached hydrogens (tertiary/aromatic N) is 1. The molecule has 0 saturated heterocycles. The maximum Gasteiger partial charge on any atom is 0.448 e. The third kappa shape index (κ3) is 2.64. The number of fused-ring (bicyclic) bond motifs is 1. The molecule has 1 N–H and O–H groups in total. The van der Waals surface area contributed by atoms with E-state index in [-0.39, 0.29) is 5.01 Å². The third-order valence-corrected chi connectivity index (χ3v) is 3.39. The highest BCUT2D eigenvalue weighted by atomic mass is 32.1. The molecule has 0 amide bonds. The van der Waals surface area contributed by atoms with E-state index in [9.17, 15) is 13.2 Å². The van der Waals surface area contributed by atoms with E-state index in [2.05, 4.69) is 4.98 Å². The molecule has 2 nitrogen and oxygen atoms in total. The van der Waals surface area contributed by atoms with Crippen molar-refractivity contribution in [1.29, 1.82) is 0 Å². The molecule has 6 heteroatoms. The highest BCUT2D eigenvalue weighted by molar-refractivity contribution is 7.19. The lowest BCUT2D eigenvalue weighted by Crippen LogP contribution is -2.10. The largest absolute Gasteiger partial charge is 0.504 e. The first kappa shape index (κ1) is 12.9. The quantitative estimate of drug-likeness (QED) is 0.827. The SMILES string of the molecule is CCc1ccc2nc(C=C(O)C(F)(F)F)sc2c1. The summed E-state index contributed by atoms with van der Waals surface area (Å²) in [6.07, 6.45) is -3.23. The van der Waals surface area contributed by atoms with E-state index in [1.807, 2.05) is 19.1 Å². The van der Waals surface area contributed by atoms with Gasteiger partial charge < -0.3 is 5.11 Å². The number of aliphatic hydroxyl groups excluding tert-OH is 1. The molecule has 0 spiro atoms. The lowest BCUT2D eigenvalue weighted by molar-refractivity contribution is -0.119. The number of halogens is 3. The van der Waals surface area contributed by atoms with Crippen molar-refractivity contribution < 1.29 is 18.3 Å². The minimum Gasteiger partial charge on any atom is -0.504 e. The molecule has 96 valence electrons. The van der Waals surface area contributed by atoms with Crippen LogP contribution in [0.4, 0.5) is 13.2 Å². The molecule has 2 rings (SSSR count). The number of allylic oxidation sites excluding steroid dienone is 1. The van der Waals surface area contributed by atoms with Crippen molar-refractivity contribution in [3.8, 4) is 0 Å². The molecular weight excluding hydrogens is 263 g/mol. The van der Waals surface area contributed by atoms with Gasteiger partial charge in [0.15, 0.2) is 0 Å². The summed E-state index contributed by atoms with van der Waals surface area (Å²) in [5.41, 5.74) is 1.74. The molecule has 0 unspecified atom stereocenters. The summed E-state index contributed by atoms with van der Waals surface area (Å²) in [7, 11) is 0. The Morgan fingerprint density at radius 3 is 2.78 bits per heavy atom. The van der Waals surface area contributed by atoms with Crippen LogP contribution in [0.3, 0.4) is 0 Å². The molecular formula is C12H10F3NOS. The first-order chi connectivity index (χ1) is 8.40. The third-order valence-electron chi connectivity index (χ3n) is 2.43. The lowest BCUT2D eigenvalue weighted by Gasteiger charge is -2.02. The van der Waals surface area contributed by atoms with Crippen molar-refractivity contribution in [3.63, 3.8) is 0 Å². The summed E-state index contributed by atoms with van der Waals surface area (Å²) in [4.78, 5) is 4.02. The number of aryl methyl sites for hydroxylation is 1. The second kappa shape index (κ2) is 4.61. The summed E-state index contributed by atoms with van der Waals surface area (Å²) in [5.74, 6) is -1.63. The van der Waals surface area contributed by atoms with Crippen LogP contribution in [0.15, 0.2) is 24.0 Å². The van der Waals surface area contributed by atoms with Gasteiger partial charge in [0.2, 0.25) is 5.76 Å². The van der Waals surface area contributed by atoms with Gasteiger partial charge in [0.05, 0.1) is 10.2 Å². The maximum absolute atomic E-state index is 12.2. The molecule has 1 aromatic carbocycles. The van der Waals surface area contributed by atoms with Crippen LogP contribution in [0, 0.1) is 0 Å². The van der Waals surface area contributed by atoms with Gasteiger partial charge in [0.1, 0.15) is 5.01 Å². The van der Waals surface area contributed by atoms with Gasteiger partial charge in [0.25, 0.3) is 0 Å². The van der Waals surface area contributed by atoms with Crippen LogP contribution >= 0.6 is 11.3 Å². The predicted octanol–water partition coefficient (Wildman–Crippen LogP) is 4.32. The topological polar surface area (TPSA) is 33.1 Å². The van der Waals surface area contributed by atoms with Crippen LogP contribution in [0.1, 0.15) is 17.5 Å². The highest BCUT2D eigenvalue weighted by Crippen LogP contribution is 2.29. The number of hydrogen-bond donors (Lipinski definition) is 1. The number of aromatic nitrogens is 1. The highest BCUT2D eigenvalue weighted by Gasteiger charge is 2.33. The Hall–Kier alpha value is -1.56. The fourth-order valence-electron chi connectivity index (χ4n) is 1.47. The Morgan fingerprint density at radius 1 is 1.44 bits per heavy atom. The van der Waals surface area contributed by atoms with Gasteiger partial charge in [-0.1, -0.05) is 13.0 Å². The second-order valence-corrected chi connectivity index (χ2v) is 4.80. The van der Waals surface area contributed by atoms with E-state index in [0.717, 1.165) is 28.0 Å². The zero-order chi connectivity index (χ0) is 13.3. The Kier molecular flexibility index (Phi) is 3.30. The molecule has 0 bridgehead atoms. The Morgan fingerprint density at radius 2 is 2.17 bits per heavy atom. The summed E-state index contributed by atoms with van der Waals surface area (Å²) in [6.45, 7) is 2.00. The van der Waals surface area contributed by atoms with Crippen molar-refractivity contribution in [2.75, 3.05) is 0 Å². The summed E-state index contributed by atoms with van der Waals surface area (Å²) in [5, 5.41) is 9.01. The van der Waals surface area contributed by atoms with Gasteiger partial charge in [0, 0.05) is 6.08 Å². The van der Waals surface area contributed by atoms with Crippen LogP contribution in [0.5, 0.6) is 0 Å². The maximum atomic E-state index is 12.2. The number of thiazole rings is 1. The molecule has 0 aliphatic heterocycles. The number of aliphatic hydroxyl groups is 1. The molecule has 1 heterocycles. The van der Waals surface area contributed by atoms with Crippen LogP contribution < -0.4 is 0 Å². The van der Waals surface area contributed by atoms with Gasteiger partial charge in [-0.15, -0.1) is 11.3 Å². The first-order valence-electron chi connectivity index (χ1n) is 5.27. The molecule has 2 aromatic rings. The Bertz CT molecular complexity index is 601. The minimum absolute atomic E-state index is 0.146. The standard InChI is InChI=1S/C12H10F3NOS/c1-2-7-3-4-8-9(5-7)18-11(16-8)6-10(17)12(13,14)15/h3-6,17H,2H2,1H3. The van der Waals surface area contributed by atoms with Gasteiger partial charge >= 0.3 is 6.18 Å². The van der Waals surface area contributed by atoms with Crippen molar-refractivity contribution >= 4 is 27.6 Å². The molecule has 1 aromatic heterocycles. The van der Waals surface area contributed by atoms with Crippen molar-refractivity contribution in [1.82, 2.24) is 4.98 Å². The van der Waals surface area contributed by atoms with Crippen LogP contribution in [0.25, 0.3) is 16.3 Å². The van der Waals surface area contributed by atoms with Crippen LogP contribution in [-0.4, -0.2) is 16.3 Å². The zero-order valence-electron chi connectivity index (χ0n) is 9.45. The average molecular weight is 273 g/mol. The Labute approximate surface area is 105 Å². The van der Waals surface area contributed by atoms with E-state index < -0.39 is 11.9 Å². The molecule has 0 aliphatic rings. The number of benzene rings is 1. The second-order valence-electron chi connectivity index (χ2n) is 3.74. The number of alkyl halides is 3. The van der Waals surface area contributed by atoms with Crippen LogP contribution in [0.2, 0.25) is 0 Å².